The van der Waals surface area contributed by atoms with Crippen LogP contribution >= 0.6 is 0 Å². The van der Waals surface area contributed by atoms with Crippen LogP contribution in [-0.4, -0.2) is 106 Å². The first-order valence-corrected chi connectivity index (χ1v) is 26.1. The molecule has 0 spiro atoms. The van der Waals surface area contributed by atoms with E-state index in [0.29, 0.717) is 77.7 Å². The second kappa shape index (κ2) is 19.4. The Labute approximate surface area is 428 Å². The number of piperidine rings is 2. The Hall–Kier alpha value is -6.47. The summed E-state index contributed by atoms with van der Waals surface area (Å²) in [6.45, 7) is 20.3. The van der Waals surface area contributed by atoms with Crippen molar-refractivity contribution in [2.24, 2.45) is 29.7 Å². The predicted octanol–water partition coefficient (Wildman–Crippen LogP) is 9.50. The number of hydrogen-bond donors (Lipinski definition) is 1. The maximum atomic E-state index is 14.8. The Kier molecular flexibility index (Phi) is 13.3. The highest BCUT2D eigenvalue weighted by Crippen LogP contribution is 2.56. The number of carbonyl (C=O) groups excluding carboxylic acids is 2. The highest BCUT2D eigenvalue weighted by atomic mass is 19.3. The number of aryl methyl sites for hydroxylation is 2. The number of amides is 2. The lowest BCUT2D eigenvalue weighted by Gasteiger charge is -2.63. The van der Waals surface area contributed by atoms with Gasteiger partial charge in [0.15, 0.2) is 5.82 Å². The third kappa shape index (κ3) is 9.09. The van der Waals surface area contributed by atoms with Gasteiger partial charge in [-0.1, -0.05) is 41.5 Å². The predicted molar refractivity (Wildman–Crippen MR) is 278 cm³/mol. The van der Waals surface area contributed by atoms with Crippen molar-refractivity contribution in [1.29, 1.82) is 5.26 Å². The fourth-order valence-corrected chi connectivity index (χ4v) is 13.8. The number of nitrogens with one attached hydrogen (secondary N) is 1. The van der Waals surface area contributed by atoms with Gasteiger partial charge in [-0.15, -0.1) is 0 Å². The van der Waals surface area contributed by atoms with Gasteiger partial charge >= 0.3 is 0 Å². The molecule has 1 aliphatic carbocycles. The van der Waals surface area contributed by atoms with Crippen molar-refractivity contribution in [2.75, 3.05) is 56.2 Å². The van der Waals surface area contributed by atoms with Gasteiger partial charge in [-0.2, -0.15) is 15.5 Å². The van der Waals surface area contributed by atoms with E-state index in [4.69, 9.17) is 14.6 Å². The first-order valence-electron chi connectivity index (χ1n) is 26.1. The maximum Gasteiger partial charge on any atom is 0.264 e. The Balaban J connectivity index is 0.789. The second-order valence-electron chi connectivity index (χ2n) is 22.6. The normalized spacial score (nSPS) is 23.8. The van der Waals surface area contributed by atoms with Gasteiger partial charge in [0.2, 0.25) is 5.91 Å². The Bertz CT molecular complexity index is 2900. The van der Waals surface area contributed by atoms with Gasteiger partial charge in [-0.05, 0) is 97.2 Å². The lowest BCUT2D eigenvalue weighted by atomic mass is 9.49. The van der Waals surface area contributed by atoms with Gasteiger partial charge in [0, 0.05) is 134 Å². The van der Waals surface area contributed by atoms with Gasteiger partial charge in [0.05, 0.1) is 31.5 Å². The van der Waals surface area contributed by atoms with Crippen molar-refractivity contribution in [2.45, 2.75) is 118 Å². The van der Waals surface area contributed by atoms with Crippen LogP contribution in [0.2, 0.25) is 0 Å². The van der Waals surface area contributed by atoms with Crippen molar-refractivity contribution < 1.29 is 27.8 Å². The average Bonchev–Trinajstić information content (AvgIpc) is 3.99. The number of carbonyl (C=O) groups is 2. The molecule has 2 aromatic heterocycles. The van der Waals surface area contributed by atoms with Gasteiger partial charge in [-0.3, -0.25) is 23.9 Å². The largest absolute Gasteiger partial charge is 0.495 e. The monoisotopic (exact) mass is 997 g/mol. The minimum Gasteiger partial charge on any atom is -0.495 e. The number of alkyl halides is 2. The quantitative estimate of drug-likeness (QED) is 0.136. The molecule has 3 aromatic carbocycles. The lowest BCUT2D eigenvalue weighted by molar-refractivity contribution is -0.164. The summed E-state index contributed by atoms with van der Waals surface area (Å²) in [7, 11) is 3.33. The first-order chi connectivity index (χ1) is 34.9. The van der Waals surface area contributed by atoms with Crippen LogP contribution in [-0.2, 0) is 31.2 Å². The molecule has 4 aliphatic heterocycles. The van der Waals surface area contributed by atoms with Crippen molar-refractivity contribution >= 4 is 29.0 Å². The summed E-state index contributed by atoms with van der Waals surface area (Å²) in [6, 6.07) is 19.5. The van der Waals surface area contributed by atoms with E-state index in [1.165, 1.54) is 7.11 Å². The molecule has 14 nitrogen and oxygen atoms in total. The molecule has 10 rings (SSSR count). The number of nitrogens with zero attached hydrogens (tertiary/aromatic N) is 9. The van der Waals surface area contributed by atoms with Gasteiger partial charge < -0.3 is 29.5 Å². The highest BCUT2D eigenvalue weighted by molar-refractivity contribution is 5.95. The summed E-state index contributed by atoms with van der Waals surface area (Å²) in [4.78, 5) is 35.8. The first kappa shape index (κ1) is 50.1. The van der Waals surface area contributed by atoms with Crippen molar-refractivity contribution in [1.82, 2.24) is 34.7 Å². The molecule has 0 radical (unpaired) electrons. The summed E-state index contributed by atoms with van der Waals surface area (Å²) in [6.07, 6.45) is 4.81. The van der Waals surface area contributed by atoms with E-state index >= 15 is 0 Å². The lowest BCUT2D eigenvalue weighted by Crippen LogP contribution is -2.74. The number of likely N-dealkylation sites (tertiary alicyclic amines) is 1. The molecule has 1 N–H and O–H groups in total. The van der Waals surface area contributed by atoms with Crippen molar-refractivity contribution in [3.05, 3.63) is 101 Å². The Morgan fingerprint density at radius 3 is 2.27 bits per heavy atom. The fraction of sp³-hybridized carbons (Fsp3) is 0.526. The van der Waals surface area contributed by atoms with E-state index in [-0.39, 0.29) is 46.4 Å². The van der Waals surface area contributed by atoms with E-state index in [0.717, 1.165) is 85.9 Å². The van der Waals surface area contributed by atoms with E-state index < -0.39 is 6.43 Å². The molecule has 6 heterocycles. The molecule has 2 amide bonds. The summed E-state index contributed by atoms with van der Waals surface area (Å²) in [5.74, 6) is 2.60. The zero-order valence-electron chi connectivity index (χ0n) is 43.8. The number of fused-ring (bicyclic) bond motifs is 2. The third-order valence-electron chi connectivity index (χ3n) is 17.0. The minimum atomic E-state index is -2.66. The van der Waals surface area contributed by atoms with Gasteiger partial charge in [0.1, 0.15) is 23.7 Å². The Morgan fingerprint density at radius 1 is 0.932 bits per heavy atom. The molecular weight excluding hydrogens is 927 g/mol. The van der Waals surface area contributed by atoms with E-state index in [1.807, 2.05) is 23.1 Å². The number of ether oxygens (including phenoxy) is 2. The van der Waals surface area contributed by atoms with E-state index in [2.05, 4.69) is 89.5 Å². The van der Waals surface area contributed by atoms with Crippen LogP contribution in [0.25, 0.3) is 11.1 Å². The average molecular weight is 997 g/mol. The van der Waals surface area contributed by atoms with E-state index in [9.17, 15) is 23.6 Å². The van der Waals surface area contributed by atoms with Crippen LogP contribution in [0, 0.1) is 34.0 Å². The van der Waals surface area contributed by atoms with Crippen LogP contribution in [0.15, 0.2) is 67.0 Å². The molecule has 5 aromatic rings. The molecule has 0 bridgehead atoms. The number of methoxy groups -OCH3 is 1. The topological polar surface area (TPSA) is 137 Å². The summed E-state index contributed by atoms with van der Waals surface area (Å²) >= 11 is 0. The molecule has 73 heavy (non-hydrogen) atoms. The smallest absolute Gasteiger partial charge is 0.264 e. The summed E-state index contributed by atoms with van der Waals surface area (Å²) < 4.78 is 45.5. The van der Waals surface area contributed by atoms with Crippen molar-refractivity contribution in [3.63, 3.8) is 0 Å². The van der Waals surface area contributed by atoms with Crippen LogP contribution < -0.4 is 24.6 Å². The number of rotatable bonds is 11. The SMILES string of the molecule is COc1cc(OC2C(C)(C)C(NC(=O)c3ccc(N4C[C@@H](C)C(N5CCC(n6nc(N7CCCc8cc(-c9cnn(C)c9)c(C(F)F)cc87)c7c6CCN(C(C)=O)C7)CC5)[C@@H](C)C4)cc3)C2(C)C)ccc1C#N. The highest BCUT2D eigenvalue weighted by Gasteiger charge is 2.64. The Morgan fingerprint density at radius 2 is 1.64 bits per heavy atom. The summed E-state index contributed by atoms with van der Waals surface area (Å²) in [5.41, 5.74) is 6.60. The van der Waals surface area contributed by atoms with Crippen LogP contribution in [0.4, 0.5) is 26.0 Å². The van der Waals surface area contributed by atoms with Crippen LogP contribution in [0.5, 0.6) is 11.5 Å². The number of nitriles is 1. The third-order valence-corrected chi connectivity index (χ3v) is 17.0. The molecule has 1 saturated carbocycles. The molecule has 5 aliphatic rings. The number of hydrogen-bond acceptors (Lipinski definition) is 10. The minimum absolute atomic E-state index is 0.0130. The molecule has 3 atom stereocenters. The number of benzene rings is 3. The molecule has 16 heteroatoms. The van der Waals surface area contributed by atoms with E-state index in [1.54, 1.807) is 55.3 Å². The second-order valence-corrected chi connectivity index (χ2v) is 22.6. The van der Waals surface area contributed by atoms with Crippen LogP contribution in [0.3, 0.4) is 0 Å². The molecular formula is C57H70F2N10O4. The summed E-state index contributed by atoms with van der Waals surface area (Å²) in [5, 5.41) is 22.4. The molecule has 1 unspecified atom stereocenters. The molecule has 2 saturated heterocycles. The van der Waals surface area contributed by atoms with Crippen molar-refractivity contribution in [3.8, 4) is 28.7 Å². The zero-order valence-corrected chi connectivity index (χ0v) is 43.8. The molecule has 386 valence electrons. The van der Waals surface area contributed by atoms with Gasteiger partial charge in [-0.25, -0.2) is 8.78 Å². The van der Waals surface area contributed by atoms with Crippen LogP contribution in [0.1, 0.15) is 119 Å². The standard InChI is InChI=1S/C57H70F2N10O4/c1-34-30-67(41-15-12-37(13-16-41)53(71)62-54-56(4,5)55(57(54,6)7)73-43-17-14-39(28-60)49(26-43)72-9)31-35(2)50(34)65-22-18-42(19-23-65)69-47-20-24-66(36(3)70)33-46(47)52(63-69)68-21-10-11-38-25-44(40-29-61-64(8)32-40)45(51(58)59)27-48(38)68/h12-17,25-27,29,32,34-35,42,50-51,54-55H,10-11,18-24,30-31,33H2,1-9H3,(H,62,71)/t34-,35+,50?,54?,55?. The fourth-order valence-electron chi connectivity index (χ4n) is 13.8. The zero-order chi connectivity index (χ0) is 51.7. The number of anilines is 3. The maximum absolute atomic E-state index is 14.8. The number of aromatic nitrogens is 4. The van der Waals surface area contributed by atoms with Gasteiger partial charge in [0.25, 0.3) is 12.3 Å². The molecule has 3 fully saturated rings. The number of halogens is 2.